The highest BCUT2D eigenvalue weighted by Crippen LogP contribution is 2.43. The first-order valence-electron chi connectivity index (χ1n) is 14.4. The number of carbonyl (C=O) groups is 1. The molecule has 1 aliphatic rings. The van der Waals surface area contributed by atoms with Crippen molar-refractivity contribution < 1.29 is 36.6 Å². The summed E-state index contributed by atoms with van der Waals surface area (Å²) in [6, 6.07) is 21.3. The highest BCUT2D eigenvalue weighted by atomic mass is 32.1. The molecule has 0 saturated carbocycles. The third-order valence-corrected chi connectivity index (χ3v) is 8.52. The van der Waals surface area contributed by atoms with Gasteiger partial charge in [-0.15, -0.1) is 0 Å². The van der Waals surface area contributed by atoms with Gasteiger partial charge in [-0.05, 0) is 53.6 Å². The molecule has 1 atom stereocenters. The fraction of sp³-hybridized carbons (Fsp3) is 0.171. The Labute approximate surface area is 269 Å². The van der Waals surface area contributed by atoms with Gasteiger partial charge in [0.25, 0.3) is 5.56 Å². The van der Waals surface area contributed by atoms with Gasteiger partial charge in [0.15, 0.2) is 10.5 Å². The van der Waals surface area contributed by atoms with Gasteiger partial charge in [-0.2, -0.15) is 13.2 Å². The van der Waals surface area contributed by atoms with Crippen LogP contribution in [0.15, 0.2) is 106 Å². The number of thiazole rings is 1. The van der Waals surface area contributed by atoms with E-state index in [-0.39, 0.29) is 39.7 Å². The van der Waals surface area contributed by atoms with Gasteiger partial charge in [-0.3, -0.25) is 9.36 Å². The lowest BCUT2D eigenvalue weighted by Crippen LogP contribution is -2.41. The first kappa shape index (κ1) is 31.7. The van der Waals surface area contributed by atoms with E-state index < -0.39 is 35.0 Å². The van der Waals surface area contributed by atoms with Crippen molar-refractivity contribution in [1.29, 1.82) is 0 Å². The second kappa shape index (κ2) is 12.9. The lowest BCUT2D eigenvalue weighted by molar-refractivity contribution is -0.140. The Balaban J connectivity index is 1.59. The molecule has 0 fully saturated rings. The molecule has 1 aromatic heterocycles. The fourth-order valence-corrected chi connectivity index (χ4v) is 6.46. The highest BCUT2D eigenvalue weighted by Gasteiger charge is 2.46. The molecule has 240 valence electrons. The number of rotatable bonds is 8. The Kier molecular flexibility index (Phi) is 8.69. The molecule has 6 rings (SSSR count). The van der Waals surface area contributed by atoms with Crippen molar-refractivity contribution in [2.75, 3.05) is 13.7 Å². The van der Waals surface area contributed by atoms with Crippen molar-refractivity contribution in [3.8, 4) is 11.5 Å². The van der Waals surface area contributed by atoms with Crippen LogP contribution in [0, 0.1) is 5.82 Å². The Morgan fingerprint density at radius 1 is 0.979 bits per heavy atom. The molecule has 0 unspecified atom stereocenters. The Hall–Kier alpha value is -5.23. The number of fused-ring (bicyclic) bond motifs is 2. The topological polar surface area (TPSA) is 79.1 Å². The number of carbonyl (C=O) groups excluding carboxylic acids is 1. The number of hydrogen-bond acceptors (Lipinski definition) is 7. The number of halogens is 4. The summed E-state index contributed by atoms with van der Waals surface area (Å²) in [5, 5.41) is 1.14. The molecule has 0 radical (unpaired) electrons. The number of methoxy groups -OCH3 is 1. The average Bonchev–Trinajstić information content (AvgIpc) is 3.37. The predicted molar refractivity (Wildman–Crippen MR) is 168 cm³/mol. The smallest absolute Gasteiger partial charge is 0.434 e. The standard InChI is InChI=1S/C35H26F4N2O5S/c1-3-45-33(43)29-30(28-24-10-6-4-8-21(24)14-17-26(28)44-2)41-32(42)27(47-34(41)40-31(29)35(37,38)39)18-22-9-5-7-11-25(22)46-19-20-12-15-23(36)16-13-20/h4-18,30H,3,19H2,1-2H3/b27-18-/t30-/m1/s1. The van der Waals surface area contributed by atoms with E-state index in [0.29, 0.717) is 27.6 Å². The maximum atomic E-state index is 14.7. The second-order valence-electron chi connectivity index (χ2n) is 10.4. The zero-order valence-electron chi connectivity index (χ0n) is 25.0. The lowest BCUT2D eigenvalue weighted by Gasteiger charge is -2.28. The highest BCUT2D eigenvalue weighted by molar-refractivity contribution is 7.07. The summed E-state index contributed by atoms with van der Waals surface area (Å²) < 4.78 is 75.3. The zero-order valence-corrected chi connectivity index (χ0v) is 25.8. The number of ether oxygens (including phenoxy) is 3. The number of esters is 1. The maximum absolute atomic E-state index is 14.7. The zero-order chi connectivity index (χ0) is 33.3. The molecule has 5 aromatic rings. The largest absolute Gasteiger partial charge is 0.496 e. The van der Waals surface area contributed by atoms with Crippen molar-refractivity contribution in [1.82, 2.24) is 4.57 Å². The van der Waals surface area contributed by atoms with E-state index in [2.05, 4.69) is 4.99 Å². The molecular weight excluding hydrogens is 636 g/mol. The summed E-state index contributed by atoms with van der Waals surface area (Å²) in [4.78, 5) is 31.3. The third-order valence-electron chi connectivity index (χ3n) is 7.53. The molecule has 2 heterocycles. The van der Waals surface area contributed by atoms with Crippen LogP contribution in [0.3, 0.4) is 0 Å². The van der Waals surface area contributed by atoms with Gasteiger partial charge in [-0.1, -0.05) is 72.0 Å². The normalized spacial score (nSPS) is 14.9. The van der Waals surface area contributed by atoms with Crippen LogP contribution < -0.4 is 24.4 Å². The van der Waals surface area contributed by atoms with Gasteiger partial charge < -0.3 is 14.2 Å². The van der Waals surface area contributed by atoms with E-state index in [4.69, 9.17) is 14.2 Å². The van der Waals surface area contributed by atoms with Crippen LogP contribution in [0.5, 0.6) is 11.5 Å². The van der Waals surface area contributed by atoms with Crippen molar-refractivity contribution in [3.05, 3.63) is 138 Å². The van der Waals surface area contributed by atoms with Gasteiger partial charge in [0, 0.05) is 11.1 Å². The quantitative estimate of drug-likeness (QED) is 0.146. The Bertz CT molecular complexity index is 2200. The minimum absolute atomic E-state index is 0.0532. The van der Waals surface area contributed by atoms with Gasteiger partial charge >= 0.3 is 12.1 Å². The second-order valence-corrected chi connectivity index (χ2v) is 11.4. The van der Waals surface area contributed by atoms with Crippen molar-refractivity contribution >= 4 is 34.2 Å². The van der Waals surface area contributed by atoms with Crippen LogP contribution in [0.2, 0.25) is 0 Å². The molecule has 7 nitrogen and oxygen atoms in total. The van der Waals surface area contributed by atoms with E-state index in [0.717, 1.165) is 15.9 Å². The van der Waals surface area contributed by atoms with Crippen LogP contribution in [0.4, 0.5) is 17.6 Å². The van der Waals surface area contributed by atoms with Gasteiger partial charge in [0.2, 0.25) is 0 Å². The van der Waals surface area contributed by atoms with Gasteiger partial charge in [-0.25, -0.2) is 14.2 Å². The predicted octanol–water partition coefficient (Wildman–Crippen LogP) is 6.22. The van der Waals surface area contributed by atoms with E-state index >= 15 is 0 Å². The Morgan fingerprint density at radius 3 is 2.43 bits per heavy atom. The van der Waals surface area contributed by atoms with E-state index in [1.54, 1.807) is 72.8 Å². The summed E-state index contributed by atoms with van der Waals surface area (Å²) in [5.74, 6) is -1.08. The average molecular weight is 663 g/mol. The lowest BCUT2D eigenvalue weighted by atomic mass is 9.90. The van der Waals surface area contributed by atoms with Crippen molar-refractivity contribution in [2.24, 2.45) is 4.99 Å². The molecule has 0 amide bonds. The monoisotopic (exact) mass is 662 g/mol. The maximum Gasteiger partial charge on any atom is 0.434 e. The van der Waals surface area contributed by atoms with E-state index in [1.165, 1.54) is 32.2 Å². The number of para-hydroxylation sites is 1. The molecule has 0 spiro atoms. The summed E-state index contributed by atoms with van der Waals surface area (Å²) in [7, 11) is 1.36. The molecule has 4 aromatic carbocycles. The summed E-state index contributed by atoms with van der Waals surface area (Å²) in [6.45, 7) is 1.38. The van der Waals surface area contributed by atoms with E-state index in [1.807, 2.05) is 0 Å². The molecule has 0 bridgehead atoms. The third kappa shape index (κ3) is 6.16. The first-order chi connectivity index (χ1) is 22.6. The van der Waals surface area contributed by atoms with Gasteiger partial charge in [0.1, 0.15) is 30.0 Å². The number of allylic oxidation sites excluding steroid dienone is 1. The SMILES string of the molecule is CCOC(=O)C1=C(C(F)(F)F)N=c2s/c(=C\c3ccccc3OCc3ccc(F)cc3)c(=O)n2[C@@H]1c1c(OC)ccc2ccccc12. The number of benzene rings is 4. The van der Waals surface area contributed by atoms with Gasteiger partial charge in [0.05, 0.1) is 23.8 Å². The minimum Gasteiger partial charge on any atom is -0.496 e. The number of nitrogens with zero attached hydrogens (tertiary/aromatic N) is 2. The number of aromatic nitrogens is 1. The molecule has 1 aliphatic heterocycles. The fourth-order valence-electron chi connectivity index (χ4n) is 5.46. The molecule has 12 heteroatoms. The van der Waals surface area contributed by atoms with Crippen LogP contribution in [-0.2, 0) is 16.1 Å². The van der Waals surface area contributed by atoms with Crippen LogP contribution in [0.1, 0.15) is 29.7 Å². The van der Waals surface area contributed by atoms with Crippen LogP contribution in [-0.4, -0.2) is 30.4 Å². The number of alkyl halides is 3. The molecular formula is C35H26F4N2O5S. The molecule has 0 aliphatic carbocycles. The summed E-state index contributed by atoms with van der Waals surface area (Å²) >= 11 is 0.750. The molecule has 47 heavy (non-hydrogen) atoms. The molecule has 0 saturated heterocycles. The van der Waals surface area contributed by atoms with E-state index in [9.17, 15) is 27.2 Å². The van der Waals surface area contributed by atoms with Crippen molar-refractivity contribution in [3.63, 3.8) is 0 Å². The first-order valence-corrected chi connectivity index (χ1v) is 15.2. The Morgan fingerprint density at radius 2 is 1.70 bits per heavy atom. The number of hydrogen-bond donors (Lipinski definition) is 0. The van der Waals surface area contributed by atoms with Crippen LogP contribution in [0.25, 0.3) is 16.8 Å². The summed E-state index contributed by atoms with van der Waals surface area (Å²) in [5.41, 5.74) is -1.59. The molecule has 0 N–H and O–H groups in total. The summed E-state index contributed by atoms with van der Waals surface area (Å²) in [6.07, 6.45) is -3.56. The van der Waals surface area contributed by atoms with Crippen molar-refractivity contribution in [2.45, 2.75) is 25.7 Å². The van der Waals surface area contributed by atoms with Crippen LogP contribution >= 0.6 is 11.3 Å². The minimum atomic E-state index is -5.06.